The second kappa shape index (κ2) is 11.9. The van der Waals surface area contributed by atoms with Crippen LogP contribution >= 0.6 is 0 Å². The number of carbonyl (C=O) groups excluding carboxylic acids is 2. The smallest absolute Gasteiger partial charge is 0.330 e. The summed E-state index contributed by atoms with van der Waals surface area (Å²) in [6.07, 6.45) is 2.06. The predicted octanol–water partition coefficient (Wildman–Crippen LogP) is 3.35. The highest BCUT2D eigenvalue weighted by Crippen LogP contribution is 2.35. The fourth-order valence-corrected chi connectivity index (χ4v) is 4.22. The van der Waals surface area contributed by atoms with Gasteiger partial charge in [0.05, 0.1) is 0 Å². The molecule has 0 atom stereocenters. The topological polar surface area (TPSA) is 105 Å². The van der Waals surface area contributed by atoms with E-state index in [4.69, 9.17) is 18.9 Å². The molecular weight excluding hydrogens is 448 g/mol. The predicted molar refractivity (Wildman–Crippen MR) is 121 cm³/mol. The zero-order valence-electron chi connectivity index (χ0n) is 18.5. The SMILES string of the molecule is C=CC(=O)OCCOc1cc(C)ccc1S(=O)(=O)c1ccc(C)cc1OCCOC(=O)C=C. The van der Waals surface area contributed by atoms with Crippen LogP contribution < -0.4 is 9.47 Å². The highest BCUT2D eigenvalue weighted by molar-refractivity contribution is 7.91. The lowest BCUT2D eigenvalue weighted by Crippen LogP contribution is -2.14. The lowest BCUT2D eigenvalue weighted by molar-refractivity contribution is -0.139. The maximum Gasteiger partial charge on any atom is 0.330 e. The van der Waals surface area contributed by atoms with Gasteiger partial charge in [0.1, 0.15) is 47.7 Å². The summed E-state index contributed by atoms with van der Waals surface area (Å²) in [6.45, 7) is 9.98. The summed E-state index contributed by atoms with van der Waals surface area (Å²) in [6, 6.07) is 9.38. The van der Waals surface area contributed by atoms with E-state index in [2.05, 4.69) is 13.2 Å². The Kier molecular flexibility index (Phi) is 9.23. The van der Waals surface area contributed by atoms with Crippen molar-refractivity contribution in [3.63, 3.8) is 0 Å². The van der Waals surface area contributed by atoms with Gasteiger partial charge in [-0.1, -0.05) is 25.3 Å². The molecule has 0 aliphatic rings. The number of rotatable bonds is 12. The average Bonchev–Trinajstić information content (AvgIpc) is 2.78. The van der Waals surface area contributed by atoms with Crippen LogP contribution in [0.2, 0.25) is 0 Å². The zero-order valence-corrected chi connectivity index (χ0v) is 19.4. The molecule has 0 fully saturated rings. The first-order valence-electron chi connectivity index (χ1n) is 9.99. The highest BCUT2D eigenvalue weighted by atomic mass is 32.2. The molecule has 0 aliphatic heterocycles. The van der Waals surface area contributed by atoms with Gasteiger partial charge < -0.3 is 18.9 Å². The largest absolute Gasteiger partial charge is 0.489 e. The van der Waals surface area contributed by atoms with Crippen LogP contribution in [-0.4, -0.2) is 46.8 Å². The average molecular weight is 475 g/mol. The second-order valence-corrected chi connectivity index (χ2v) is 8.73. The zero-order chi connectivity index (χ0) is 24.4. The number of esters is 2. The van der Waals surface area contributed by atoms with E-state index in [0.29, 0.717) is 0 Å². The molecule has 0 unspecified atom stereocenters. The summed E-state index contributed by atoms with van der Waals surface area (Å²) in [5.41, 5.74) is 1.58. The Bertz CT molecular complexity index is 1050. The summed E-state index contributed by atoms with van der Waals surface area (Å²) >= 11 is 0. The summed E-state index contributed by atoms with van der Waals surface area (Å²) in [7, 11) is -4.05. The Morgan fingerprint density at radius 1 is 0.758 bits per heavy atom. The lowest BCUT2D eigenvalue weighted by Gasteiger charge is -2.16. The Labute approximate surface area is 193 Å². The standard InChI is InChI=1S/C24H26O8S/c1-5-23(25)31-13-11-29-19-15-17(3)7-9-21(19)33(27,28)22-10-8-18(4)16-20(22)30-12-14-32-24(26)6-2/h5-10,15-16H,1-2,11-14H2,3-4H3. The van der Waals surface area contributed by atoms with Crippen molar-refractivity contribution in [1.82, 2.24) is 0 Å². The van der Waals surface area contributed by atoms with Gasteiger partial charge in [0, 0.05) is 12.2 Å². The van der Waals surface area contributed by atoms with Gasteiger partial charge in [-0.15, -0.1) is 0 Å². The van der Waals surface area contributed by atoms with Crippen LogP contribution in [0, 0.1) is 13.8 Å². The normalized spacial score (nSPS) is 10.7. The van der Waals surface area contributed by atoms with Gasteiger partial charge in [-0.25, -0.2) is 18.0 Å². The first kappa shape index (κ1) is 25.7. The number of benzene rings is 2. The quantitative estimate of drug-likeness (QED) is 0.262. The van der Waals surface area contributed by atoms with Crippen LogP contribution in [0.5, 0.6) is 11.5 Å². The van der Waals surface area contributed by atoms with E-state index in [-0.39, 0.29) is 47.7 Å². The van der Waals surface area contributed by atoms with Crippen molar-refractivity contribution >= 4 is 21.8 Å². The first-order chi connectivity index (χ1) is 15.7. The summed E-state index contributed by atoms with van der Waals surface area (Å²) in [5.74, 6) is -0.959. The fraction of sp³-hybridized carbons (Fsp3) is 0.250. The molecule has 0 radical (unpaired) electrons. The van der Waals surface area contributed by atoms with E-state index >= 15 is 0 Å². The minimum absolute atomic E-state index is 0.0442. The van der Waals surface area contributed by atoms with Crippen molar-refractivity contribution in [2.75, 3.05) is 26.4 Å². The molecule has 8 nitrogen and oxygen atoms in total. The van der Waals surface area contributed by atoms with Gasteiger partial charge in [-0.3, -0.25) is 0 Å². The molecule has 0 amide bonds. The van der Waals surface area contributed by atoms with Crippen LogP contribution in [0.15, 0.2) is 71.5 Å². The number of sulfone groups is 1. The third-order valence-corrected chi connectivity index (χ3v) is 6.11. The molecule has 0 saturated carbocycles. The molecule has 0 spiro atoms. The minimum Gasteiger partial charge on any atom is -0.489 e. The molecule has 0 aliphatic carbocycles. The molecule has 176 valence electrons. The van der Waals surface area contributed by atoms with Crippen LogP contribution in [0.25, 0.3) is 0 Å². The molecule has 2 rings (SSSR count). The van der Waals surface area contributed by atoms with Crippen molar-refractivity contribution in [2.45, 2.75) is 23.6 Å². The third-order valence-electron chi connectivity index (χ3n) is 4.28. The van der Waals surface area contributed by atoms with Gasteiger partial charge >= 0.3 is 11.9 Å². The molecule has 0 heterocycles. The number of carbonyl (C=O) groups is 2. The summed E-state index contributed by atoms with van der Waals surface area (Å²) in [5, 5.41) is 0. The van der Waals surface area contributed by atoms with E-state index in [1.54, 1.807) is 38.1 Å². The molecular formula is C24H26O8S. The molecule has 33 heavy (non-hydrogen) atoms. The van der Waals surface area contributed by atoms with Crippen molar-refractivity contribution < 1.29 is 37.0 Å². The van der Waals surface area contributed by atoms with E-state index in [1.807, 2.05) is 0 Å². The molecule has 9 heteroatoms. The molecule has 0 aromatic heterocycles. The minimum atomic E-state index is -4.05. The van der Waals surface area contributed by atoms with E-state index < -0.39 is 21.8 Å². The van der Waals surface area contributed by atoms with Crippen LogP contribution in [-0.2, 0) is 28.9 Å². The van der Waals surface area contributed by atoms with Gasteiger partial charge in [0.2, 0.25) is 9.84 Å². The Balaban J connectivity index is 2.30. The van der Waals surface area contributed by atoms with Crippen molar-refractivity contribution in [3.8, 4) is 11.5 Å². The lowest BCUT2D eigenvalue weighted by atomic mass is 10.2. The van der Waals surface area contributed by atoms with E-state index in [0.717, 1.165) is 23.3 Å². The number of ether oxygens (including phenoxy) is 4. The van der Waals surface area contributed by atoms with E-state index in [1.165, 1.54) is 12.1 Å². The number of hydrogen-bond donors (Lipinski definition) is 0. The van der Waals surface area contributed by atoms with Gasteiger partial charge in [-0.05, 0) is 49.2 Å². The van der Waals surface area contributed by atoms with Crippen molar-refractivity contribution in [3.05, 3.63) is 72.8 Å². The van der Waals surface area contributed by atoms with Crippen LogP contribution in [0.4, 0.5) is 0 Å². The first-order valence-corrected chi connectivity index (χ1v) is 11.5. The van der Waals surface area contributed by atoms with Gasteiger partial charge in [0.25, 0.3) is 0 Å². The maximum absolute atomic E-state index is 13.5. The van der Waals surface area contributed by atoms with Crippen LogP contribution in [0.1, 0.15) is 11.1 Å². The third kappa shape index (κ3) is 7.21. The van der Waals surface area contributed by atoms with Crippen molar-refractivity contribution in [1.29, 1.82) is 0 Å². The Hall–Kier alpha value is -3.59. The molecule has 0 bridgehead atoms. The van der Waals surface area contributed by atoms with E-state index in [9.17, 15) is 18.0 Å². The molecule has 2 aromatic rings. The maximum atomic E-state index is 13.5. The summed E-state index contributed by atoms with van der Waals surface area (Å²) < 4.78 is 48.0. The molecule has 0 N–H and O–H groups in total. The monoisotopic (exact) mass is 474 g/mol. The fourth-order valence-electron chi connectivity index (χ4n) is 2.72. The van der Waals surface area contributed by atoms with Crippen LogP contribution in [0.3, 0.4) is 0 Å². The van der Waals surface area contributed by atoms with Crippen molar-refractivity contribution in [2.24, 2.45) is 0 Å². The Morgan fingerprint density at radius 3 is 1.52 bits per heavy atom. The number of hydrogen-bond acceptors (Lipinski definition) is 8. The van der Waals surface area contributed by atoms with Gasteiger partial charge in [0.15, 0.2) is 0 Å². The Morgan fingerprint density at radius 2 is 1.15 bits per heavy atom. The summed E-state index contributed by atoms with van der Waals surface area (Å²) in [4.78, 5) is 22.2. The second-order valence-electron chi connectivity index (χ2n) is 6.84. The molecule has 0 saturated heterocycles. The molecule has 2 aromatic carbocycles. The highest BCUT2D eigenvalue weighted by Gasteiger charge is 2.26. The number of aryl methyl sites for hydroxylation is 2. The van der Waals surface area contributed by atoms with Gasteiger partial charge in [-0.2, -0.15) is 0 Å².